The monoisotopic (exact) mass is 461 g/mol. The minimum atomic E-state index is -0.455. The maximum Gasteiger partial charge on any atom is 0.261 e. The summed E-state index contributed by atoms with van der Waals surface area (Å²) in [5.41, 5.74) is 6.37. The summed E-state index contributed by atoms with van der Waals surface area (Å²) in [5.74, 6) is -1.52. The SMILES string of the molecule is NC(=O)CSc1ccccc1NC(=O)CCN1C(=O)c2ccc(Br)cc2C1=O. The van der Waals surface area contributed by atoms with Crippen LogP contribution in [0.4, 0.5) is 5.69 Å². The Balaban J connectivity index is 1.62. The Labute approximate surface area is 173 Å². The molecule has 0 radical (unpaired) electrons. The number of benzene rings is 2. The van der Waals surface area contributed by atoms with E-state index in [2.05, 4.69) is 21.2 Å². The number of nitrogens with two attached hydrogens (primary N) is 1. The molecule has 0 aliphatic carbocycles. The molecule has 2 aromatic carbocycles. The van der Waals surface area contributed by atoms with Gasteiger partial charge in [-0.25, -0.2) is 0 Å². The highest BCUT2D eigenvalue weighted by molar-refractivity contribution is 9.10. The highest BCUT2D eigenvalue weighted by Crippen LogP contribution is 2.28. The molecule has 1 aliphatic heterocycles. The molecule has 0 fully saturated rings. The first-order valence-electron chi connectivity index (χ1n) is 8.32. The molecular formula is C19H16BrN3O4S. The van der Waals surface area contributed by atoms with Gasteiger partial charge in [-0.05, 0) is 30.3 Å². The van der Waals surface area contributed by atoms with Crippen molar-refractivity contribution in [2.75, 3.05) is 17.6 Å². The summed E-state index contributed by atoms with van der Waals surface area (Å²) in [5, 5.41) is 2.75. The molecule has 28 heavy (non-hydrogen) atoms. The Morgan fingerprint density at radius 1 is 1.07 bits per heavy atom. The summed E-state index contributed by atoms with van der Waals surface area (Å²) >= 11 is 4.50. The fourth-order valence-electron chi connectivity index (χ4n) is 2.74. The fourth-order valence-corrected chi connectivity index (χ4v) is 3.84. The number of primary amides is 1. The third kappa shape index (κ3) is 4.42. The van der Waals surface area contributed by atoms with Crippen LogP contribution in [0.1, 0.15) is 27.1 Å². The van der Waals surface area contributed by atoms with Gasteiger partial charge in [0.2, 0.25) is 11.8 Å². The van der Waals surface area contributed by atoms with Gasteiger partial charge in [0.1, 0.15) is 0 Å². The van der Waals surface area contributed by atoms with Crippen LogP contribution in [0.25, 0.3) is 0 Å². The number of carbonyl (C=O) groups is 4. The second-order valence-corrected chi connectivity index (χ2v) is 7.93. The minimum Gasteiger partial charge on any atom is -0.369 e. The number of hydrogen-bond donors (Lipinski definition) is 2. The molecule has 0 bridgehead atoms. The predicted octanol–water partition coefficient (Wildman–Crippen LogP) is 2.65. The number of thioether (sulfide) groups is 1. The molecule has 144 valence electrons. The van der Waals surface area contributed by atoms with Gasteiger partial charge in [-0.15, -0.1) is 11.8 Å². The van der Waals surface area contributed by atoms with Crippen molar-refractivity contribution in [3.63, 3.8) is 0 Å². The second kappa shape index (κ2) is 8.57. The summed E-state index contributed by atoms with van der Waals surface area (Å²) in [7, 11) is 0. The summed E-state index contributed by atoms with van der Waals surface area (Å²) < 4.78 is 0.706. The number of nitrogens with one attached hydrogen (secondary N) is 1. The number of carbonyl (C=O) groups excluding carboxylic acids is 4. The van der Waals surface area contributed by atoms with E-state index in [1.807, 2.05) is 0 Å². The number of amides is 4. The van der Waals surface area contributed by atoms with Crippen molar-refractivity contribution >= 4 is 57.0 Å². The van der Waals surface area contributed by atoms with E-state index in [-0.39, 0.29) is 24.6 Å². The molecule has 2 aromatic rings. The van der Waals surface area contributed by atoms with E-state index in [0.29, 0.717) is 26.2 Å². The molecule has 0 atom stereocenters. The first-order valence-corrected chi connectivity index (χ1v) is 10.1. The summed E-state index contributed by atoms with van der Waals surface area (Å²) in [4.78, 5) is 49.9. The maximum atomic E-state index is 12.4. The number of fused-ring (bicyclic) bond motifs is 1. The van der Waals surface area contributed by atoms with Crippen molar-refractivity contribution in [2.24, 2.45) is 5.73 Å². The lowest BCUT2D eigenvalue weighted by molar-refractivity contribution is -0.116. The zero-order chi connectivity index (χ0) is 20.3. The van der Waals surface area contributed by atoms with E-state index in [0.717, 1.165) is 4.90 Å². The number of nitrogens with zero attached hydrogens (tertiary/aromatic N) is 1. The molecule has 0 saturated heterocycles. The van der Waals surface area contributed by atoms with Crippen molar-refractivity contribution in [3.8, 4) is 0 Å². The second-order valence-electron chi connectivity index (χ2n) is 6.00. The van der Waals surface area contributed by atoms with E-state index in [4.69, 9.17) is 5.73 Å². The standard InChI is InChI=1S/C19H16BrN3O4S/c20-11-5-6-12-13(9-11)19(27)23(18(12)26)8-7-17(25)22-14-3-1-2-4-15(14)28-10-16(21)24/h1-6,9H,7-8,10H2,(H2,21,24)(H,22,25). The Bertz CT molecular complexity index is 979. The van der Waals surface area contributed by atoms with Crippen LogP contribution in [-0.4, -0.2) is 40.8 Å². The lowest BCUT2D eigenvalue weighted by Crippen LogP contribution is -2.32. The molecule has 0 aromatic heterocycles. The van der Waals surface area contributed by atoms with Gasteiger partial charge in [0, 0.05) is 22.3 Å². The molecule has 0 unspecified atom stereocenters. The molecule has 3 N–H and O–H groups in total. The molecule has 3 rings (SSSR count). The molecule has 1 aliphatic rings. The van der Waals surface area contributed by atoms with Crippen LogP contribution in [0, 0.1) is 0 Å². The molecule has 0 saturated carbocycles. The third-order valence-corrected chi connectivity index (χ3v) is 5.62. The van der Waals surface area contributed by atoms with Gasteiger partial charge in [-0.1, -0.05) is 28.1 Å². The average Bonchev–Trinajstić information content (AvgIpc) is 2.89. The van der Waals surface area contributed by atoms with Crippen LogP contribution >= 0.6 is 27.7 Å². The Morgan fingerprint density at radius 3 is 2.54 bits per heavy atom. The molecule has 7 nitrogen and oxygen atoms in total. The predicted molar refractivity (Wildman–Crippen MR) is 109 cm³/mol. The minimum absolute atomic E-state index is 0.0214. The van der Waals surface area contributed by atoms with E-state index in [1.165, 1.54) is 11.8 Å². The highest BCUT2D eigenvalue weighted by Gasteiger charge is 2.35. The van der Waals surface area contributed by atoms with Gasteiger partial charge < -0.3 is 11.1 Å². The largest absolute Gasteiger partial charge is 0.369 e. The number of halogens is 1. The van der Waals surface area contributed by atoms with Crippen LogP contribution in [0.15, 0.2) is 51.8 Å². The zero-order valence-corrected chi connectivity index (χ0v) is 17.0. The van der Waals surface area contributed by atoms with E-state index >= 15 is 0 Å². The van der Waals surface area contributed by atoms with Gasteiger partial charge in [0.25, 0.3) is 11.8 Å². The third-order valence-electron chi connectivity index (χ3n) is 4.03. The lowest BCUT2D eigenvalue weighted by Gasteiger charge is -2.14. The van der Waals surface area contributed by atoms with Crippen LogP contribution in [0.2, 0.25) is 0 Å². The van der Waals surface area contributed by atoms with Crippen molar-refractivity contribution in [2.45, 2.75) is 11.3 Å². The van der Waals surface area contributed by atoms with Crippen LogP contribution < -0.4 is 11.1 Å². The van der Waals surface area contributed by atoms with Crippen LogP contribution in [0.5, 0.6) is 0 Å². The van der Waals surface area contributed by atoms with E-state index < -0.39 is 17.7 Å². The molecule has 0 spiro atoms. The van der Waals surface area contributed by atoms with Gasteiger partial charge in [0.15, 0.2) is 0 Å². The number of anilines is 1. The number of rotatable bonds is 7. The molecule has 4 amide bonds. The Morgan fingerprint density at radius 2 is 1.79 bits per heavy atom. The number of hydrogen-bond acceptors (Lipinski definition) is 5. The first-order chi connectivity index (χ1) is 13.4. The number of imide groups is 1. The van der Waals surface area contributed by atoms with Crippen LogP contribution in [0.3, 0.4) is 0 Å². The van der Waals surface area contributed by atoms with E-state index in [9.17, 15) is 19.2 Å². The maximum absolute atomic E-state index is 12.4. The fraction of sp³-hybridized carbons (Fsp3) is 0.158. The van der Waals surface area contributed by atoms with Crippen molar-refractivity contribution in [1.29, 1.82) is 0 Å². The smallest absolute Gasteiger partial charge is 0.261 e. The molecular weight excluding hydrogens is 446 g/mol. The normalized spacial score (nSPS) is 12.8. The summed E-state index contributed by atoms with van der Waals surface area (Å²) in [6, 6.07) is 11.9. The number of para-hydroxylation sites is 1. The Kier molecular flexibility index (Phi) is 6.15. The zero-order valence-electron chi connectivity index (χ0n) is 14.6. The lowest BCUT2D eigenvalue weighted by atomic mass is 10.1. The van der Waals surface area contributed by atoms with Gasteiger partial charge in [-0.2, -0.15) is 0 Å². The first kappa shape index (κ1) is 20.1. The van der Waals surface area contributed by atoms with Crippen molar-refractivity contribution in [3.05, 3.63) is 58.1 Å². The van der Waals surface area contributed by atoms with Gasteiger partial charge >= 0.3 is 0 Å². The average molecular weight is 462 g/mol. The van der Waals surface area contributed by atoms with E-state index in [1.54, 1.807) is 42.5 Å². The van der Waals surface area contributed by atoms with Crippen molar-refractivity contribution in [1.82, 2.24) is 4.90 Å². The van der Waals surface area contributed by atoms with Gasteiger partial charge in [-0.3, -0.25) is 24.1 Å². The molecule has 9 heteroatoms. The van der Waals surface area contributed by atoms with Gasteiger partial charge in [0.05, 0.1) is 22.6 Å². The van der Waals surface area contributed by atoms with Crippen LogP contribution in [-0.2, 0) is 9.59 Å². The summed E-state index contributed by atoms with van der Waals surface area (Å²) in [6.07, 6.45) is -0.0402. The molecule has 1 heterocycles. The Hall–Kier alpha value is -2.65. The quantitative estimate of drug-likeness (QED) is 0.486. The van der Waals surface area contributed by atoms with Crippen molar-refractivity contribution < 1.29 is 19.2 Å². The topological polar surface area (TPSA) is 110 Å². The highest BCUT2D eigenvalue weighted by atomic mass is 79.9. The summed E-state index contributed by atoms with van der Waals surface area (Å²) in [6.45, 7) is -0.0214.